The van der Waals surface area contributed by atoms with Crippen LogP contribution in [-0.4, -0.2) is 30.2 Å². The van der Waals surface area contributed by atoms with Crippen molar-refractivity contribution in [1.82, 2.24) is 29.6 Å². The Morgan fingerprint density at radius 2 is 1.73 bits per heavy atom. The zero-order chi connectivity index (χ0) is 34.9. The molecule has 1 N–H and O–H groups in total. The molecular weight excluding hydrogens is 650 g/mol. The molecule has 1 saturated carbocycles. The van der Waals surface area contributed by atoms with Gasteiger partial charge in [0.2, 0.25) is 5.91 Å². The Labute approximate surface area is 275 Å². The number of halogens is 6. The van der Waals surface area contributed by atoms with Gasteiger partial charge in [0.15, 0.2) is 5.65 Å². The molecule has 0 radical (unpaired) electrons. The summed E-state index contributed by atoms with van der Waals surface area (Å²) in [7, 11) is 0. The third kappa shape index (κ3) is 5.56. The molecule has 7 rings (SSSR count). The van der Waals surface area contributed by atoms with Crippen molar-refractivity contribution in [3.05, 3.63) is 117 Å². The molecule has 2 aliphatic carbocycles. The smallest absolute Gasteiger partial charge is 0.293 e. The van der Waals surface area contributed by atoms with Gasteiger partial charge in [-0.2, -0.15) is 13.9 Å². The van der Waals surface area contributed by atoms with E-state index in [1.165, 1.54) is 16.8 Å². The highest BCUT2D eigenvalue weighted by Crippen LogP contribution is 2.71. The number of nitrogens with zero attached hydrogens (tertiary/aromatic N) is 5. The van der Waals surface area contributed by atoms with E-state index in [1.807, 2.05) is 26.0 Å². The van der Waals surface area contributed by atoms with E-state index in [2.05, 4.69) is 20.4 Å². The summed E-state index contributed by atoms with van der Waals surface area (Å²) in [6.45, 7) is 4.69. The molecule has 0 saturated heterocycles. The van der Waals surface area contributed by atoms with Crippen LogP contribution in [0, 0.1) is 23.5 Å². The zero-order valence-corrected chi connectivity index (χ0v) is 26.5. The largest absolute Gasteiger partial charge is 0.344 e. The number of fused-ring (bicyclic) bond motifs is 4. The molecular formula is C35H30F6N6O2. The Morgan fingerprint density at radius 1 is 1.04 bits per heavy atom. The summed E-state index contributed by atoms with van der Waals surface area (Å²) in [5.41, 5.74) is -0.814. The quantitative estimate of drug-likeness (QED) is 0.172. The minimum atomic E-state index is -3.48. The number of amides is 1. The molecule has 49 heavy (non-hydrogen) atoms. The molecule has 14 heteroatoms. The fraction of sp³-hybridized carbons (Fsp3) is 0.343. The van der Waals surface area contributed by atoms with Gasteiger partial charge in [0, 0.05) is 36.1 Å². The summed E-state index contributed by atoms with van der Waals surface area (Å²) in [5.74, 6) is -8.54. The molecule has 0 aliphatic heterocycles. The first-order chi connectivity index (χ1) is 23.3. The first-order valence-corrected chi connectivity index (χ1v) is 15.8. The molecule has 3 heterocycles. The number of aromatic nitrogens is 5. The Bertz CT molecular complexity index is 2140. The summed E-state index contributed by atoms with van der Waals surface area (Å²) in [5, 5.41) is 6.57. The number of benzene rings is 2. The average Bonchev–Trinajstić information content (AvgIpc) is 3.45. The van der Waals surface area contributed by atoms with Crippen LogP contribution in [0.3, 0.4) is 0 Å². The molecule has 2 aromatic carbocycles. The molecule has 8 nitrogen and oxygen atoms in total. The molecule has 1 amide bonds. The number of alkyl halides is 4. The summed E-state index contributed by atoms with van der Waals surface area (Å²) < 4.78 is 89.4. The fourth-order valence-corrected chi connectivity index (χ4v) is 7.14. The van der Waals surface area contributed by atoms with Gasteiger partial charge in [-0.25, -0.2) is 27.5 Å². The maximum Gasteiger partial charge on any atom is 0.293 e. The molecule has 3 aromatic heterocycles. The molecule has 0 unspecified atom stereocenters. The molecule has 1 fully saturated rings. The molecule has 2 aliphatic rings. The highest BCUT2D eigenvalue weighted by molar-refractivity contribution is 5.77. The number of rotatable bonds is 9. The van der Waals surface area contributed by atoms with Crippen LogP contribution in [0.5, 0.6) is 0 Å². The van der Waals surface area contributed by atoms with Gasteiger partial charge in [0.25, 0.3) is 17.9 Å². The van der Waals surface area contributed by atoms with E-state index >= 15 is 8.78 Å². The Kier molecular flexibility index (Phi) is 7.87. The van der Waals surface area contributed by atoms with E-state index in [-0.39, 0.29) is 40.3 Å². The van der Waals surface area contributed by atoms with Gasteiger partial charge in [-0.05, 0) is 59.4 Å². The number of hydrogen-bond donors (Lipinski definition) is 1. The van der Waals surface area contributed by atoms with Crippen LogP contribution < -0.4 is 10.9 Å². The van der Waals surface area contributed by atoms with E-state index < -0.39 is 77.2 Å². The minimum Gasteiger partial charge on any atom is -0.344 e. The van der Waals surface area contributed by atoms with Crippen LogP contribution in [0.15, 0.2) is 65.6 Å². The number of hydrogen-bond acceptors (Lipinski definition) is 5. The summed E-state index contributed by atoms with van der Waals surface area (Å²) in [6.07, 6.45) is -2.02. The number of carbonyl (C=O) groups is 1. The van der Waals surface area contributed by atoms with Crippen molar-refractivity contribution >= 4 is 16.9 Å². The van der Waals surface area contributed by atoms with Crippen molar-refractivity contribution < 1.29 is 31.1 Å². The maximum absolute atomic E-state index is 15.4. The van der Waals surface area contributed by atoms with E-state index in [0.717, 1.165) is 17.7 Å². The normalized spacial score (nSPS) is 19.7. The lowest BCUT2D eigenvalue weighted by atomic mass is 10.0. The second kappa shape index (κ2) is 11.8. The lowest BCUT2D eigenvalue weighted by Crippen LogP contribution is -2.38. The summed E-state index contributed by atoms with van der Waals surface area (Å²) in [4.78, 5) is 36.5. The Balaban J connectivity index is 1.33. The average molecular weight is 681 g/mol. The van der Waals surface area contributed by atoms with Crippen LogP contribution >= 0.6 is 0 Å². The lowest BCUT2D eigenvalue weighted by molar-refractivity contribution is -0.123. The topological polar surface area (TPSA) is 94.7 Å². The lowest BCUT2D eigenvalue weighted by Gasteiger charge is -2.23. The molecule has 0 spiro atoms. The Hall–Kier alpha value is -5.01. The molecule has 254 valence electrons. The second-order valence-electron chi connectivity index (χ2n) is 13.0. The van der Waals surface area contributed by atoms with E-state index in [1.54, 1.807) is 25.1 Å². The molecule has 0 bridgehead atoms. The van der Waals surface area contributed by atoms with Gasteiger partial charge in [-0.15, -0.1) is 0 Å². The number of pyridine rings is 1. The van der Waals surface area contributed by atoms with Crippen molar-refractivity contribution in [3.63, 3.8) is 0 Å². The van der Waals surface area contributed by atoms with Crippen molar-refractivity contribution in [2.45, 2.75) is 64.0 Å². The van der Waals surface area contributed by atoms with Gasteiger partial charge in [-0.1, -0.05) is 32.9 Å². The molecule has 4 atom stereocenters. The van der Waals surface area contributed by atoms with Crippen molar-refractivity contribution in [2.24, 2.45) is 11.8 Å². The van der Waals surface area contributed by atoms with Gasteiger partial charge in [-0.3, -0.25) is 18.8 Å². The molecule has 5 aromatic rings. The maximum atomic E-state index is 15.4. The Morgan fingerprint density at radius 3 is 2.39 bits per heavy atom. The van der Waals surface area contributed by atoms with Crippen molar-refractivity contribution in [1.29, 1.82) is 0 Å². The van der Waals surface area contributed by atoms with Crippen molar-refractivity contribution in [3.8, 4) is 5.69 Å². The monoisotopic (exact) mass is 680 g/mol. The first kappa shape index (κ1) is 32.5. The highest BCUT2D eigenvalue weighted by atomic mass is 19.3. The van der Waals surface area contributed by atoms with E-state index in [4.69, 9.17) is 0 Å². The predicted molar refractivity (Wildman–Crippen MR) is 167 cm³/mol. The van der Waals surface area contributed by atoms with Gasteiger partial charge >= 0.3 is 0 Å². The second-order valence-corrected chi connectivity index (χ2v) is 13.0. The predicted octanol–water partition coefficient (Wildman–Crippen LogP) is 6.87. The van der Waals surface area contributed by atoms with Gasteiger partial charge in [0.1, 0.15) is 35.4 Å². The summed E-state index contributed by atoms with van der Waals surface area (Å²) in [6, 6.07) is 11.6. The van der Waals surface area contributed by atoms with Crippen LogP contribution in [0.4, 0.5) is 26.3 Å². The zero-order valence-electron chi connectivity index (χ0n) is 26.5. The number of carbonyl (C=O) groups excluding carboxylic acids is 1. The minimum absolute atomic E-state index is 0.0293. The van der Waals surface area contributed by atoms with Gasteiger partial charge in [0.05, 0.1) is 17.1 Å². The van der Waals surface area contributed by atoms with Crippen LogP contribution in [-0.2, 0) is 23.7 Å². The van der Waals surface area contributed by atoms with E-state index in [0.29, 0.717) is 16.4 Å². The van der Waals surface area contributed by atoms with E-state index in [9.17, 15) is 27.2 Å². The third-order valence-electron chi connectivity index (χ3n) is 9.46. The van der Waals surface area contributed by atoms with Crippen molar-refractivity contribution in [2.75, 3.05) is 0 Å². The standard InChI is InChI=1S/C35H30F6N6O2/c1-16(2)19-6-8-22(9-7-19)47-33(44-32-23(34(47)49)5-4-10-42-32)24(13-18-11-20(36)14-21(37)12-18)43-25(48)15-46-30-27(29(45-46)31(38)39)26-17(3)28(26)35(30,40)41/h4-12,14,16-17,24,26,28,31H,13,15H2,1-3H3,(H,43,48)/t17-,24+,26-,28-/m1/s1. The van der Waals surface area contributed by atoms with Crippen LogP contribution in [0.1, 0.15) is 79.0 Å². The third-order valence-corrected chi connectivity index (χ3v) is 9.46. The SMILES string of the molecule is CC(C)c1ccc(-n2c([C@H](Cc3cc(F)cc(F)c3)NC(=O)Cn3nc(C(F)F)c4c3C(F)(F)[C@@H]3[C@H](C)[C@H]43)nc3ncccc3c2=O)cc1. The van der Waals surface area contributed by atoms with Crippen LogP contribution in [0.2, 0.25) is 0 Å². The first-order valence-electron chi connectivity index (χ1n) is 15.8. The number of nitrogens with one attached hydrogen (secondary N) is 1. The van der Waals surface area contributed by atoms with Crippen LogP contribution in [0.25, 0.3) is 16.7 Å². The van der Waals surface area contributed by atoms with Gasteiger partial charge < -0.3 is 5.32 Å². The summed E-state index contributed by atoms with van der Waals surface area (Å²) >= 11 is 0. The fourth-order valence-electron chi connectivity index (χ4n) is 7.14. The highest BCUT2D eigenvalue weighted by Gasteiger charge is 2.71.